The van der Waals surface area contributed by atoms with Crippen LogP contribution >= 0.6 is 0 Å². The molecule has 3 saturated heterocycles. The highest BCUT2D eigenvalue weighted by Gasteiger charge is 2.48. The smallest absolute Gasteiger partial charge is 0.433 e. The summed E-state index contributed by atoms with van der Waals surface area (Å²) in [5.74, 6) is -3.49. The molecule has 312 valence electrons. The van der Waals surface area contributed by atoms with E-state index in [1.807, 2.05) is 4.90 Å². The van der Waals surface area contributed by atoms with E-state index in [0.29, 0.717) is 49.9 Å². The molecule has 6 heterocycles. The molecule has 6 amide bonds. The number of carbonyl (C=O) groups is 6. The van der Waals surface area contributed by atoms with Crippen LogP contribution in [-0.4, -0.2) is 99.3 Å². The van der Waals surface area contributed by atoms with Crippen LogP contribution in [0.2, 0.25) is 0 Å². The molecule has 1 spiro atoms. The molecule has 4 aliphatic heterocycles. The van der Waals surface area contributed by atoms with Gasteiger partial charge in [0.2, 0.25) is 17.7 Å². The summed E-state index contributed by atoms with van der Waals surface area (Å²) in [6.45, 7) is 2.40. The largest absolute Gasteiger partial charge is 0.494 e. The van der Waals surface area contributed by atoms with Crippen LogP contribution in [0.25, 0.3) is 10.9 Å². The van der Waals surface area contributed by atoms with Gasteiger partial charge in [-0.25, -0.2) is 4.98 Å². The second-order valence-corrected chi connectivity index (χ2v) is 16.3. The van der Waals surface area contributed by atoms with Gasteiger partial charge in [0.05, 0.1) is 39.5 Å². The van der Waals surface area contributed by atoms with Crippen LogP contribution in [0.5, 0.6) is 5.75 Å². The number of halogens is 3. The Hall–Kier alpha value is -6.33. The summed E-state index contributed by atoms with van der Waals surface area (Å²) in [5, 5.41) is 9.88. The van der Waals surface area contributed by atoms with E-state index in [4.69, 9.17) is 8.85 Å². The number of nitrogens with zero attached hydrogens (tertiary/aromatic N) is 6. The van der Waals surface area contributed by atoms with Gasteiger partial charge in [-0.2, -0.15) is 18.3 Å². The molecule has 4 aromatic rings. The molecule has 0 bridgehead atoms. The molecule has 9 rings (SSSR count). The van der Waals surface area contributed by atoms with Crippen LogP contribution in [0, 0.1) is 11.3 Å². The zero-order valence-electron chi connectivity index (χ0n) is 35.1. The molecule has 18 heteroatoms. The first-order valence-electron chi connectivity index (χ1n) is 21.3. The minimum Gasteiger partial charge on any atom is -0.494 e. The fourth-order valence-electron chi connectivity index (χ4n) is 9.38. The van der Waals surface area contributed by atoms with E-state index in [1.54, 1.807) is 29.1 Å². The average Bonchev–Trinajstić information content (AvgIpc) is 3.75. The van der Waals surface area contributed by atoms with Crippen molar-refractivity contribution >= 4 is 57.7 Å². The Kier molecular flexibility index (Phi) is 8.75. The summed E-state index contributed by atoms with van der Waals surface area (Å²) in [7, 11) is -2.90. The molecule has 2 aromatic heterocycles. The van der Waals surface area contributed by atoms with Gasteiger partial charge in [-0.05, 0) is 86.8 Å². The van der Waals surface area contributed by atoms with Gasteiger partial charge in [0.15, 0.2) is 0 Å². The predicted molar refractivity (Wildman–Crippen MR) is 208 cm³/mol. The monoisotopic (exact) mass is 829 g/mol. The van der Waals surface area contributed by atoms with Gasteiger partial charge in [-0.1, -0.05) is 6.07 Å². The molecular weight excluding hydrogens is 786 g/mol. The third-order valence-corrected chi connectivity index (χ3v) is 12.7. The summed E-state index contributed by atoms with van der Waals surface area (Å²) in [4.78, 5) is 85.7. The first kappa shape index (κ1) is 35.6. The number of hydrogen-bond acceptors (Lipinski definition) is 10. The Morgan fingerprint density at radius 3 is 2.42 bits per heavy atom. The fraction of sp³-hybridized carbons (Fsp3) is 0.429. The lowest BCUT2D eigenvalue weighted by Crippen LogP contribution is -2.54. The van der Waals surface area contributed by atoms with Gasteiger partial charge in [0.1, 0.15) is 23.2 Å². The summed E-state index contributed by atoms with van der Waals surface area (Å²) in [5.41, 5.74) is -0.255. The number of amides is 6. The van der Waals surface area contributed by atoms with Gasteiger partial charge in [0.25, 0.3) is 17.7 Å². The fourth-order valence-corrected chi connectivity index (χ4v) is 9.38. The SMILES string of the molecule is [2H]C([2H])([2H])Oc1cc2nn(C3CC4(CCN(C(=O)C5CCN(c6ccc7c(c6)C(=O)N(C6CCC(=O)NC6=O)C7=O)CC5)CC4)C3)cc2cc1NC(=O)c1cccc(C(F)(F)F)n1. The average molecular weight is 830 g/mol. The first-order chi connectivity index (χ1) is 29.8. The molecule has 5 aliphatic rings. The lowest BCUT2D eigenvalue weighted by atomic mass is 9.60. The van der Waals surface area contributed by atoms with E-state index >= 15 is 0 Å². The van der Waals surface area contributed by atoms with Gasteiger partial charge in [0, 0.05) is 61.9 Å². The second-order valence-electron chi connectivity index (χ2n) is 16.3. The van der Waals surface area contributed by atoms with Crippen LogP contribution in [0.3, 0.4) is 0 Å². The maximum atomic E-state index is 13.7. The van der Waals surface area contributed by atoms with Crippen molar-refractivity contribution in [1.29, 1.82) is 0 Å². The summed E-state index contributed by atoms with van der Waals surface area (Å²) >= 11 is 0. The van der Waals surface area contributed by atoms with Crippen molar-refractivity contribution in [3.8, 4) is 5.75 Å². The van der Waals surface area contributed by atoms with E-state index < -0.39 is 60.2 Å². The molecule has 2 N–H and O–H groups in total. The van der Waals surface area contributed by atoms with Gasteiger partial charge in [-0.3, -0.25) is 43.7 Å². The van der Waals surface area contributed by atoms with Crippen molar-refractivity contribution in [2.24, 2.45) is 11.3 Å². The number of likely N-dealkylation sites (tertiary alicyclic amines) is 1. The van der Waals surface area contributed by atoms with Gasteiger partial charge in [-0.15, -0.1) is 0 Å². The second kappa shape index (κ2) is 14.7. The van der Waals surface area contributed by atoms with E-state index in [1.165, 1.54) is 12.1 Å². The van der Waals surface area contributed by atoms with Crippen molar-refractivity contribution in [3.05, 3.63) is 77.2 Å². The Morgan fingerprint density at radius 2 is 1.70 bits per heavy atom. The predicted octanol–water partition coefficient (Wildman–Crippen LogP) is 4.97. The molecule has 15 nitrogen and oxygen atoms in total. The number of pyridine rings is 1. The van der Waals surface area contributed by atoms with Crippen molar-refractivity contribution < 1.29 is 50.8 Å². The molecule has 1 aliphatic carbocycles. The van der Waals surface area contributed by atoms with Crippen molar-refractivity contribution in [3.63, 3.8) is 0 Å². The molecule has 2 aromatic carbocycles. The highest BCUT2D eigenvalue weighted by atomic mass is 19.4. The minimum absolute atomic E-state index is 0.0236. The normalized spacial score (nSPS) is 21.9. The van der Waals surface area contributed by atoms with Crippen molar-refractivity contribution in [1.82, 2.24) is 29.9 Å². The number of benzene rings is 2. The first-order valence-corrected chi connectivity index (χ1v) is 19.8. The zero-order valence-corrected chi connectivity index (χ0v) is 32.1. The van der Waals surface area contributed by atoms with Crippen LogP contribution < -0.4 is 20.3 Å². The number of fused-ring (bicyclic) bond motifs is 2. The van der Waals surface area contributed by atoms with E-state index in [0.717, 1.165) is 54.5 Å². The molecule has 4 fully saturated rings. The Bertz CT molecular complexity index is 2580. The number of aromatic nitrogens is 3. The van der Waals surface area contributed by atoms with Crippen molar-refractivity contribution in [2.45, 2.75) is 69.6 Å². The Morgan fingerprint density at radius 1 is 0.950 bits per heavy atom. The number of piperidine rings is 3. The summed E-state index contributed by atoms with van der Waals surface area (Å²) in [6, 6.07) is 9.74. The van der Waals surface area contributed by atoms with E-state index in [2.05, 4.69) is 25.6 Å². The van der Waals surface area contributed by atoms with Gasteiger partial charge < -0.3 is 19.9 Å². The maximum absolute atomic E-state index is 13.7. The molecule has 60 heavy (non-hydrogen) atoms. The standard InChI is InChI=1S/C42H41F3N8O7/c1-60-33-19-30-24(17-31(33)47-36(55)29-3-2-4-34(46-29)42(43,44)45)22-52(49-30)26-20-41(21-26)11-15-51(16-12-41)38(57)23-9-13-50(14-10-23)25-5-6-27-28(18-25)40(59)53(39(27)58)32-7-8-35(54)48-37(32)56/h2-6,17-19,22-23,26,32H,7-16,20-21H2,1H3,(H,47,55)(H,48,54,56)/i1D3. The Labute approximate surface area is 345 Å². The number of alkyl halides is 3. The number of ether oxygens (including phenoxy) is 1. The number of imide groups is 2. The Balaban J connectivity index is 0.790. The van der Waals surface area contributed by atoms with Crippen molar-refractivity contribution in [2.75, 3.05) is 43.4 Å². The zero-order chi connectivity index (χ0) is 44.6. The topological polar surface area (TPSA) is 176 Å². The summed E-state index contributed by atoms with van der Waals surface area (Å²) in [6.07, 6.45) is 1.62. The van der Waals surface area contributed by atoms with E-state index in [9.17, 15) is 41.9 Å². The third-order valence-electron chi connectivity index (χ3n) is 12.7. The van der Waals surface area contributed by atoms with Crippen LogP contribution in [0.4, 0.5) is 24.5 Å². The molecular formula is C42H41F3N8O7. The lowest BCUT2D eigenvalue weighted by molar-refractivity contribution is -0.141. The highest BCUT2D eigenvalue weighted by Crippen LogP contribution is 2.55. The van der Waals surface area contributed by atoms with Crippen LogP contribution in [0.15, 0.2) is 54.7 Å². The third kappa shape index (κ3) is 7.00. The molecule has 0 radical (unpaired) electrons. The number of rotatable bonds is 7. The lowest BCUT2D eigenvalue weighted by Gasteiger charge is -2.52. The maximum Gasteiger partial charge on any atom is 0.433 e. The quantitative estimate of drug-likeness (QED) is 0.242. The number of nitrogens with one attached hydrogen (secondary N) is 2. The van der Waals surface area contributed by atoms with E-state index in [-0.39, 0.29) is 58.7 Å². The molecule has 1 saturated carbocycles. The van der Waals surface area contributed by atoms with Crippen LogP contribution in [-0.2, 0) is 20.6 Å². The molecule has 1 unspecified atom stereocenters. The minimum atomic E-state index is -4.77. The number of methoxy groups -OCH3 is 1. The van der Waals surface area contributed by atoms with Gasteiger partial charge >= 0.3 is 6.18 Å². The van der Waals surface area contributed by atoms with Crippen LogP contribution in [0.1, 0.15) is 98.4 Å². The number of hydrogen-bond donors (Lipinski definition) is 2. The number of anilines is 2. The highest BCUT2D eigenvalue weighted by molar-refractivity contribution is 6.23. The molecule has 1 atom stereocenters. The summed E-state index contributed by atoms with van der Waals surface area (Å²) < 4.78 is 69.6. The number of carbonyl (C=O) groups excluding carboxylic acids is 6.